The predicted octanol–water partition coefficient (Wildman–Crippen LogP) is 4.45. The molecular formula is C15H7ClF8N6O3. The molecule has 3 aromatic heterocycles. The quantitative estimate of drug-likeness (QED) is 0.316. The van der Waals surface area contributed by atoms with Crippen LogP contribution < -0.4 is 4.74 Å². The van der Waals surface area contributed by atoms with Crippen molar-refractivity contribution in [1.82, 2.24) is 29.8 Å². The number of aryl methyl sites for hydroxylation is 1. The molecule has 3 heterocycles. The standard InChI is InChI=1S/C15H7ClF8N6O3/c1-29-11(8(14(19,20)21)9(27-29)13(17,18)15(22,23)24)30-4-6(26-28-30)5-2-7(33-12(31)32)10(16)25-3-5/h2-4H,1H3,(H,31,32). The van der Waals surface area contributed by atoms with Gasteiger partial charge in [0.05, 0.1) is 6.20 Å². The van der Waals surface area contributed by atoms with Crippen molar-refractivity contribution in [1.29, 1.82) is 0 Å². The summed E-state index contributed by atoms with van der Waals surface area (Å²) < 4.78 is 111. The maximum absolute atomic E-state index is 13.8. The average Bonchev–Trinajstić information content (AvgIpc) is 3.26. The number of hydrogen-bond acceptors (Lipinski definition) is 6. The summed E-state index contributed by atoms with van der Waals surface area (Å²) in [6.07, 6.45) is -12.1. The minimum atomic E-state index is -6.36. The van der Waals surface area contributed by atoms with E-state index in [4.69, 9.17) is 16.7 Å². The summed E-state index contributed by atoms with van der Waals surface area (Å²) in [5.74, 6) is -7.69. The molecule has 0 saturated heterocycles. The van der Waals surface area contributed by atoms with Gasteiger partial charge in [0.15, 0.2) is 22.4 Å². The van der Waals surface area contributed by atoms with Gasteiger partial charge in [-0.15, -0.1) is 5.10 Å². The molecule has 0 bridgehead atoms. The summed E-state index contributed by atoms with van der Waals surface area (Å²) in [5, 5.41) is 17.9. The van der Waals surface area contributed by atoms with Crippen molar-refractivity contribution in [2.75, 3.05) is 0 Å². The molecule has 0 aliphatic rings. The van der Waals surface area contributed by atoms with Crippen molar-refractivity contribution in [2.24, 2.45) is 7.05 Å². The Morgan fingerprint density at radius 3 is 2.33 bits per heavy atom. The van der Waals surface area contributed by atoms with E-state index in [0.29, 0.717) is 7.05 Å². The van der Waals surface area contributed by atoms with Crippen molar-refractivity contribution in [3.63, 3.8) is 0 Å². The molecule has 0 aromatic carbocycles. The number of carboxylic acid groups (broad SMARTS) is 1. The number of hydrogen-bond donors (Lipinski definition) is 1. The summed E-state index contributed by atoms with van der Waals surface area (Å²) in [5.41, 5.74) is -5.32. The van der Waals surface area contributed by atoms with Gasteiger partial charge in [-0.25, -0.2) is 19.1 Å². The van der Waals surface area contributed by atoms with E-state index >= 15 is 0 Å². The third kappa shape index (κ3) is 4.39. The Morgan fingerprint density at radius 2 is 1.79 bits per heavy atom. The summed E-state index contributed by atoms with van der Waals surface area (Å²) in [6, 6.07) is 0.981. The van der Waals surface area contributed by atoms with Crippen LogP contribution in [-0.4, -0.2) is 47.2 Å². The van der Waals surface area contributed by atoms with Crippen LogP contribution >= 0.6 is 11.6 Å². The summed E-state index contributed by atoms with van der Waals surface area (Å²) >= 11 is 5.66. The summed E-state index contributed by atoms with van der Waals surface area (Å²) in [7, 11) is 0.699. The number of aromatic nitrogens is 6. The minimum absolute atomic E-state index is 0.0847. The molecule has 0 saturated carbocycles. The molecule has 33 heavy (non-hydrogen) atoms. The second-order valence-electron chi connectivity index (χ2n) is 6.17. The molecule has 0 aliphatic heterocycles. The number of rotatable bonds is 4. The molecule has 1 N–H and O–H groups in total. The number of ether oxygens (including phenoxy) is 1. The second-order valence-corrected chi connectivity index (χ2v) is 6.53. The van der Waals surface area contributed by atoms with Gasteiger partial charge in [0.1, 0.15) is 11.3 Å². The Labute approximate surface area is 181 Å². The first-order valence-corrected chi connectivity index (χ1v) is 8.50. The van der Waals surface area contributed by atoms with Crippen LogP contribution in [0, 0.1) is 0 Å². The highest BCUT2D eigenvalue weighted by Crippen LogP contribution is 2.49. The highest BCUT2D eigenvalue weighted by molar-refractivity contribution is 6.31. The topological polar surface area (TPSA) is 108 Å². The maximum atomic E-state index is 13.8. The number of pyridine rings is 1. The van der Waals surface area contributed by atoms with Gasteiger partial charge in [0.25, 0.3) is 0 Å². The lowest BCUT2D eigenvalue weighted by Gasteiger charge is -2.19. The van der Waals surface area contributed by atoms with Gasteiger partial charge in [-0.05, 0) is 6.07 Å². The van der Waals surface area contributed by atoms with Crippen molar-refractivity contribution in [3.05, 3.63) is 34.9 Å². The van der Waals surface area contributed by atoms with Crippen LogP contribution in [0.1, 0.15) is 11.3 Å². The fourth-order valence-electron chi connectivity index (χ4n) is 2.63. The van der Waals surface area contributed by atoms with Crippen LogP contribution in [0.25, 0.3) is 17.1 Å². The monoisotopic (exact) mass is 506 g/mol. The van der Waals surface area contributed by atoms with E-state index in [1.54, 1.807) is 0 Å². The molecule has 0 amide bonds. The van der Waals surface area contributed by atoms with Crippen LogP contribution in [0.15, 0.2) is 18.5 Å². The van der Waals surface area contributed by atoms with Gasteiger partial charge < -0.3 is 9.84 Å². The van der Waals surface area contributed by atoms with Crippen molar-refractivity contribution in [3.8, 4) is 22.8 Å². The number of carbonyl (C=O) groups is 1. The lowest BCUT2D eigenvalue weighted by molar-refractivity contribution is -0.292. The molecule has 0 atom stereocenters. The zero-order chi connectivity index (χ0) is 24.9. The van der Waals surface area contributed by atoms with E-state index in [-0.39, 0.29) is 20.6 Å². The highest BCUT2D eigenvalue weighted by Gasteiger charge is 2.64. The fourth-order valence-corrected chi connectivity index (χ4v) is 2.77. The first kappa shape index (κ1) is 24.1. The van der Waals surface area contributed by atoms with E-state index in [1.165, 1.54) is 0 Å². The molecule has 178 valence electrons. The SMILES string of the molecule is Cn1nc(C(F)(F)C(F)(F)F)c(C(F)(F)F)c1-n1cc(-c2cnc(Cl)c(OC(=O)O)c2)nn1. The Kier molecular flexibility index (Phi) is 5.72. The van der Waals surface area contributed by atoms with Crippen LogP contribution in [0.4, 0.5) is 39.9 Å². The minimum Gasteiger partial charge on any atom is -0.449 e. The van der Waals surface area contributed by atoms with Gasteiger partial charge in [-0.2, -0.15) is 40.2 Å². The molecule has 18 heteroatoms. The summed E-state index contributed by atoms with van der Waals surface area (Å²) in [4.78, 5) is 14.3. The van der Waals surface area contributed by atoms with Gasteiger partial charge in [0, 0.05) is 18.8 Å². The van der Waals surface area contributed by atoms with Gasteiger partial charge in [0.2, 0.25) is 0 Å². The zero-order valence-electron chi connectivity index (χ0n) is 15.6. The third-order valence-corrected chi connectivity index (χ3v) is 4.25. The predicted molar refractivity (Wildman–Crippen MR) is 90.0 cm³/mol. The van der Waals surface area contributed by atoms with Crippen molar-refractivity contribution >= 4 is 17.8 Å². The molecule has 3 aromatic rings. The molecule has 0 unspecified atom stereocenters. The normalized spacial score (nSPS) is 12.8. The van der Waals surface area contributed by atoms with Gasteiger partial charge >= 0.3 is 24.4 Å². The lowest BCUT2D eigenvalue weighted by Crippen LogP contribution is -2.36. The second kappa shape index (κ2) is 7.82. The molecule has 0 fully saturated rings. The van der Waals surface area contributed by atoms with E-state index in [9.17, 15) is 39.9 Å². The first-order valence-electron chi connectivity index (χ1n) is 8.12. The van der Waals surface area contributed by atoms with E-state index in [2.05, 4.69) is 25.1 Å². The molecule has 0 aliphatic carbocycles. The Morgan fingerprint density at radius 1 is 1.15 bits per heavy atom. The molecule has 3 rings (SSSR count). The molecule has 0 radical (unpaired) electrons. The fraction of sp³-hybridized carbons (Fsp3) is 0.267. The summed E-state index contributed by atoms with van der Waals surface area (Å²) in [6.45, 7) is 0. The van der Waals surface area contributed by atoms with Crippen LogP contribution in [-0.2, 0) is 19.1 Å². The first-order chi connectivity index (χ1) is 15.0. The lowest BCUT2D eigenvalue weighted by atomic mass is 10.1. The van der Waals surface area contributed by atoms with Gasteiger partial charge in [-0.3, -0.25) is 0 Å². The Hall–Kier alpha value is -3.50. The number of halogens is 9. The zero-order valence-corrected chi connectivity index (χ0v) is 16.3. The molecule has 0 spiro atoms. The van der Waals surface area contributed by atoms with E-state index < -0.39 is 52.4 Å². The number of alkyl halides is 8. The average molecular weight is 507 g/mol. The van der Waals surface area contributed by atoms with Crippen LogP contribution in [0.2, 0.25) is 5.15 Å². The Balaban J connectivity index is 2.16. The highest BCUT2D eigenvalue weighted by atomic mass is 35.5. The third-order valence-electron chi connectivity index (χ3n) is 3.96. The van der Waals surface area contributed by atoms with Crippen LogP contribution in [0.3, 0.4) is 0 Å². The molecule has 9 nitrogen and oxygen atoms in total. The van der Waals surface area contributed by atoms with E-state index in [1.807, 2.05) is 0 Å². The van der Waals surface area contributed by atoms with Crippen LogP contribution in [0.5, 0.6) is 5.75 Å². The molecular weight excluding hydrogens is 500 g/mol. The van der Waals surface area contributed by atoms with Gasteiger partial charge in [-0.1, -0.05) is 16.8 Å². The number of nitrogens with zero attached hydrogens (tertiary/aromatic N) is 6. The largest absolute Gasteiger partial charge is 0.511 e. The smallest absolute Gasteiger partial charge is 0.449 e. The van der Waals surface area contributed by atoms with Crippen molar-refractivity contribution < 1.29 is 49.8 Å². The maximum Gasteiger partial charge on any atom is 0.511 e. The van der Waals surface area contributed by atoms with E-state index in [0.717, 1.165) is 18.5 Å². The van der Waals surface area contributed by atoms with Crippen molar-refractivity contribution in [2.45, 2.75) is 18.3 Å². The Bertz CT molecular complexity index is 1220.